The molecule has 0 aromatic heterocycles. The summed E-state index contributed by atoms with van der Waals surface area (Å²) in [6, 6.07) is 6.99. The molecule has 1 aromatic carbocycles. The molecule has 1 fully saturated rings. The van der Waals surface area contributed by atoms with Gasteiger partial charge < -0.3 is 21.1 Å². The molecule has 0 atom stereocenters. The van der Waals surface area contributed by atoms with Crippen LogP contribution in [0.25, 0.3) is 0 Å². The minimum absolute atomic E-state index is 0.0204. The van der Waals surface area contributed by atoms with Crippen molar-refractivity contribution in [1.82, 2.24) is 5.32 Å². The molecule has 1 saturated heterocycles. The van der Waals surface area contributed by atoms with E-state index in [4.69, 9.17) is 10.5 Å². The Bertz CT molecular complexity index is 475. The summed E-state index contributed by atoms with van der Waals surface area (Å²) >= 11 is 0. The molecule has 7 heteroatoms. The quantitative estimate of drug-likeness (QED) is 0.644. The summed E-state index contributed by atoms with van der Waals surface area (Å²) in [6.45, 7) is 2.02. The van der Waals surface area contributed by atoms with E-state index in [0.717, 1.165) is 5.69 Å². The fourth-order valence-corrected chi connectivity index (χ4v) is 1.89. The van der Waals surface area contributed by atoms with Crippen molar-refractivity contribution in [2.24, 2.45) is 5.73 Å². The Morgan fingerprint density at radius 2 is 2.15 bits per heavy atom. The molecule has 0 aliphatic carbocycles. The van der Waals surface area contributed by atoms with E-state index in [-0.39, 0.29) is 18.5 Å². The van der Waals surface area contributed by atoms with Crippen molar-refractivity contribution >= 4 is 23.3 Å². The van der Waals surface area contributed by atoms with Gasteiger partial charge >= 0.3 is 6.03 Å². The molecule has 0 radical (unpaired) electrons. The van der Waals surface area contributed by atoms with Crippen LogP contribution in [0.5, 0.6) is 0 Å². The van der Waals surface area contributed by atoms with E-state index in [1.165, 1.54) is 0 Å². The predicted octanol–water partition coefficient (Wildman–Crippen LogP) is 0.130. The Balaban J connectivity index is 1.88. The Kier molecular flexibility index (Phi) is 4.91. The van der Waals surface area contributed by atoms with Crippen molar-refractivity contribution < 1.29 is 14.3 Å². The number of hydrogen-bond acceptors (Lipinski definition) is 4. The Morgan fingerprint density at radius 1 is 1.40 bits per heavy atom. The molecule has 1 aliphatic rings. The summed E-state index contributed by atoms with van der Waals surface area (Å²) in [5, 5.41) is 5.44. The Morgan fingerprint density at radius 3 is 2.75 bits per heavy atom. The second kappa shape index (κ2) is 6.88. The molecule has 108 valence electrons. The van der Waals surface area contributed by atoms with Crippen LogP contribution >= 0.6 is 0 Å². The molecule has 1 aromatic rings. The molecule has 3 amide bonds. The smallest absolute Gasteiger partial charge is 0.321 e. The van der Waals surface area contributed by atoms with E-state index >= 15 is 0 Å². The molecule has 0 unspecified atom stereocenters. The Labute approximate surface area is 117 Å². The van der Waals surface area contributed by atoms with E-state index in [1.807, 2.05) is 0 Å². The molecule has 1 heterocycles. The predicted molar refractivity (Wildman–Crippen MR) is 75.7 cm³/mol. The zero-order valence-electron chi connectivity index (χ0n) is 11.1. The summed E-state index contributed by atoms with van der Waals surface area (Å²) < 4.78 is 5.04. The number of ether oxygens (including phenoxy) is 1. The van der Waals surface area contributed by atoms with Crippen molar-refractivity contribution in [3.63, 3.8) is 0 Å². The summed E-state index contributed by atoms with van der Waals surface area (Å²) in [5.74, 6) is -0.231. The first-order valence-corrected chi connectivity index (χ1v) is 6.44. The van der Waals surface area contributed by atoms with Crippen LogP contribution in [-0.2, 0) is 9.53 Å². The van der Waals surface area contributed by atoms with Gasteiger partial charge in [0.1, 0.15) is 6.61 Å². The van der Waals surface area contributed by atoms with Crippen LogP contribution in [0.4, 0.5) is 16.2 Å². The number of hydrogen-bond donors (Lipinski definition) is 3. The third-order valence-electron chi connectivity index (χ3n) is 2.81. The van der Waals surface area contributed by atoms with E-state index < -0.39 is 0 Å². The lowest BCUT2D eigenvalue weighted by molar-refractivity contribution is -0.120. The van der Waals surface area contributed by atoms with Crippen LogP contribution in [0.3, 0.4) is 0 Å². The van der Waals surface area contributed by atoms with Gasteiger partial charge in [-0.25, -0.2) is 4.79 Å². The van der Waals surface area contributed by atoms with Crippen LogP contribution < -0.4 is 21.3 Å². The average Bonchev–Trinajstić information content (AvgIpc) is 2.86. The van der Waals surface area contributed by atoms with Gasteiger partial charge in [-0.3, -0.25) is 9.69 Å². The van der Waals surface area contributed by atoms with E-state index in [0.29, 0.717) is 31.9 Å². The van der Waals surface area contributed by atoms with Crippen molar-refractivity contribution in [3.05, 3.63) is 24.3 Å². The molecular weight excluding hydrogens is 260 g/mol. The molecule has 20 heavy (non-hydrogen) atoms. The van der Waals surface area contributed by atoms with Gasteiger partial charge in [-0.1, -0.05) is 0 Å². The number of amides is 3. The van der Waals surface area contributed by atoms with Gasteiger partial charge in [0.2, 0.25) is 5.91 Å². The fourth-order valence-electron chi connectivity index (χ4n) is 1.89. The third kappa shape index (κ3) is 3.69. The summed E-state index contributed by atoms with van der Waals surface area (Å²) in [6.07, 6.45) is 0. The van der Waals surface area contributed by atoms with Gasteiger partial charge in [0.05, 0.1) is 6.61 Å². The number of rotatable bonds is 6. The lowest BCUT2D eigenvalue weighted by Gasteiger charge is -2.14. The van der Waals surface area contributed by atoms with Gasteiger partial charge in [0, 0.05) is 31.0 Å². The van der Waals surface area contributed by atoms with Crippen molar-refractivity contribution in [3.8, 4) is 0 Å². The zero-order chi connectivity index (χ0) is 14.4. The first-order valence-electron chi connectivity index (χ1n) is 6.44. The topological polar surface area (TPSA) is 96.7 Å². The maximum atomic E-state index is 11.5. The summed E-state index contributed by atoms with van der Waals surface area (Å²) in [4.78, 5) is 24.7. The average molecular weight is 278 g/mol. The SMILES string of the molecule is NCCOCC(=O)Nc1ccc(N2CCNC2=O)cc1. The number of nitrogens with one attached hydrogen (secondary N) is 2. The number of anilines is 2. The molecule has 7 nitrogen and oxygen atoms in total. The van der Waals surface area contributed by atoms with E-state index in [9.17, 15) is 9.59 Å². The summed E-state index contributed by atoms with van der Waals surface area (Å²) in [7, 11) is 0. The molecule has 4 N–H and O–H groups in total. The number of carbonyl (C=O) groups excluding carboxylic acids is 2. The van der Waals surface area contributed by atoms with Gasteiger partial charge in [-0.05, 0) is 24.3 Å². The highest BCUT2D eigenvalue weighted by Crippen LogP contribution is 2.19. The molecule has 0 spiro atoms. The second-order valence-corrected chi connectivity index (χ2v) is 4.32. The molecule has 0 bridgehead atoms. The van der Waals surface area contributed by atoms with E-state index in [2.05, 4.69) is 10.6 Å². The van der Waals surface area contributed by atoms with Crippen LogP contribution in [0.1, 0.15) is 0 Å². The Hall–Kier alpha value is -2.12. The highest BCUT2D eigenvalue weighted by molar-refractivity contribution is 5.95. The minimum atomic E-state index is -0.231. The lowest BCUT2D eigenvalue weighted by Crippen LogP contribution is -2.27. The largest absolute Gasteiger partial charge is 0.370 e. The maximum absolute atomic E-state index is 11.5. The van der Waals surface area contributed by atoms with Crippen LogP contribution in [-0.4, -0.2) is 44.8 Å². The van der Waals surface area contributed by atoms with Gasteiger partial charge in [-0.15, -0.1) is 0 Å². The highest BCUT2D eigenvalue weighted by atomic mass is 16.5. The number of nitrogens with two attached hydrogens (primary N) is 1. The molecule has 2 rings (SSSR count). The van der Waals surface area contributed by atoms with Gasteiger partial charge in [0.15, 0.2) is 0 Å². The van der Waals surface area contributed by atoms with Gasteiger partial charge in [-0.2, -0.15) is 0 Å². The maximum Gasteiger partial charge on any atom is 0.321 e. The normalized spacial score (nSPS) is 14.2. The zero-order valence-corrected chi connectivity index (χ0v) is 11.1. The molecule has 1 aliphatic heterocycles. The summed E-state index contributed by atoms with van der Waals surface area (Å²) in [5.41, 5.74) is 6.73. The molecular formula is C13H18N4O3. The first-order chi connectivity index (χ1) is 9.70. The minimum Gasteiger partial charge on any atom is -0.370 e. The standard InChI is InChI=1S/C13H18N4O3/c14-5-8-20-9-12(18)16-10-1-3-11(4-2-10)17-7-6-15-13(17)19/h1-4H,5-9,14H2,(H,15,19)(H,16,18). The second-order valence-electron chi connectivity index (χ2n) is 4.32. The van der Waals surface area contributed by atoms with Crippen LogP contribution in [0.2, 0.25) is 0 Å². The monoisotopic (exact) mass is 278 g/mol. The van der Waals surface area contributed by atoms with Crippen molar-refractivity contribution in [2.75, 3.05) is 43.1 Å². The van der Waals surface area contributed by atoms with E-state index in [1.54, 1.807) is 29.2 Å². The number of carbonyl (C=O) groups is 2. The first kappa shape index (κ1) is 14.3. The van der Waals surface area contributed by atoms with Crippen molar-refractivity contribution in [1.29, 1.82) is 0 Å². The fraction of sp³-hybridized carbons (Fsp3) is 0.385. The lowest BCUT2D eigenvalue weighted by atomic mass is 10.2. The number of urea groups is 1. The number of nitrogens with zero attached hydrogens (tertiary/aromatic N) is 1. The molecule has 0 saturated carbocycles. The third-order valence-corrected chi connectivity index (χ3v) is 2.81. The van der Waals surface area contributed by atoms with Crippen LogP contribution in [0, 0.1) is 0 Å². The highest BCUT2D eigenvalue weighted by Gasteiger charge is 2.20. The van der Waals surface area contributed by atoms with Crippen molar-refractivity contribution in [2.45, 2.75) is 0 Å². The van der Waals surface area contributed by atoms with Gasteiger partial charge in [0.25, 0.3) is 0 Å². The number of benzene rings is 1. The van der Waals surface area contributed by atoms with Crippen LogP contribution in [0.15, 0.2) is 24.3 Å².